The van der Waals surface area contributed by atoms with Gasteiger partial charge in [0.2, 0.25) is 5.91 Å². The third-order valence-electron chi connectivity index (χ3n) is 6.59. The van der Waals surface area contributed by atoms with Gasteiger partial charge in [-0.1, -0.05) is 51.4 Å². The van der Waals surface area contributed by atoms with E-state index in [0.29, 0.717) is 11.9 Å². The van der Waals surface area contributed by atoms with Crippen LogP contribution in [0.15, 0.2) is 4.99 Å². The molecule has 0 aromatic carbocycles. The summed E-state index contributed by atoms with van der Waals surface area (Å²) in [5.74, 6) is 2.48. The number of nitrogens with zero attached hydrogens (tertiary/aromatic N) is 2. The minimum absolute atomic E-state index is 0.287. The number of guanidine groups is 1. The van der Waals surface area contributed by atoms with E-state index in [2.05, 4.69) is 20.5 Å². The summed E-state index contributed by atoms with van der Waals surface area (Å²) >= 11 is 0. The second-order valence-corrected chi connectivity index (χ2v) is 8.54. The van der Waals surface area contributed by atoms with E-state index in [1.807, 2.05) is 7.05 Å². The maximum Gasteiger partial charge on any atom is 0.225 e. The standard InChI is InChI=1S/C21H38N4O/c1-22-21(23-14-12-17-8-4-2-5-9-17)24-19-13-15-25(16-19)20(26)18-10-6-3-7-11-18/h17-19H,2-16H2,1H3,(H2,22,23,24). The van der Waals surface area contributed by atoms with Gasteiger partial charge in [0.15, 0.2) is 5.96 Å². The van der Waals surface area contributed by atoms with Crippen molar-refractivity contribution in [2.24, 2.45) is 16.8 Å². The van der Waals surface area contributed by atoms with Crippen molar-refractivity contribution in [3.63, 3.8) is 0 Å². The van der Waals surface area contributed by atoms with Crippen LogP contribution in [0.4, 0.5) is 0 Å². The van der Waals surface area contributed by atoms with Crippen LogP contribution in [-0.4, -0.2) is 49.5 Å². The highest BCUT2D eigenvalue weighted by molar-refractivity contribution is 5.81. The summed E-state index contributed by atoms with van der Waals surface area (Å²) in [6.07, 6.45) is 15.3. The summed E-state index contributed by atoms with van der Waals surface area (Å²) in [6.45, 7) is 2.73. The number of amides is 1. The van der Waals surface area contributed by atoms with Gasteiger partial charge < -0.3 is 15.5 Å². The number of carbonyl (C=O) groups is 1. The van der Waals surface area contributed by atoms with Crippen LogP contribution in [0, 0.1) is 11.8 Å². The van der Waals surface area contributed by atoms with Gasteiger partial charge in [0, 0.05) is 38.6 Å². The number of nitrogens with one attached hydrogen (secondary N) is 2. The Kier molecular flexibility index (Phi) is 7.63. The molecule has 5 nitrogen and oxygen atoms in total. The van der Waals surface area contributed by atoms with Crippen molar-refractivity contribution < 1.29 is 4.79 Å². The van der Waals surface area contributed by atoms with Crippen molar-refractivity contribution in [3.05, 3.63) is 0 Å². The Hall–Kier alpha value is -1.26. The first-order chi connectivity index (χ1) is 12.8. The van der Waals surface area contributed by atoms with E-state index in [4.69, 9.17) is 0 Å². The first-order valence-corrected chi connectivity index (χ1v) is 11.0. The van der Waals surface area contributed by atoms with Crippen LogP contribution in [0.1, 0.15) is 77.0 Å². The fourth-order valence-electron chi connectivity index (χ4n) is 4.94. The van der Waals surface area contributed by atoms with E-state index in [1.165, 1.54) is 57.8 Å². The van der Waals surface area contributed by atoms with Crippen LogP contribution in [-0.2, 0) is 4.79 Å². The van der Waals surface area contributed by atoms with Gasteiger partial charge in [0.1, 0.15) is 0 Å². The Labute approximate surface area is 159 Å². The van der Waals surface area contributed by atoms with Crippen molar-refractivity contribution in [1.82, 2.24) is 15.5 Å². The van der Waals surface area contributed by atoms with Gasteiger partial charge in [0.05, 0.1) is 0 Å². The zero-order valence-electron chi connectivity index (χ0n) is 16.6. The van der Waals surface area contributed by atoms with Gasteiger partial charge in [-0.2, -0.15) is 0 Å². The first kappa shape index (κ1) is 19.5. The Balaban J connectivity index is 1.36. The highest BCUT2D eigenvalue weighted by atomic mass is 16.2. The van der Waals surface area contributed by atoms with Gasteiger partial charge in [-0.05, 0) is 31.6 Å². The molecule has 2 N–H and O–H groups in total. The largest absolute Gasteiger partial charge is 0.356 e. The Morgan fingerprint density at radius 2 is 1.69 bits per heavy atom. The molecular formula is C21H38N4O. The highest BCUT2D eigenvalue weighted by Crippen LogP contribution is 2.27. The van der Waals surface area contributed by atoms with Crippen molar-refractivity contribution in [2.75, 3.05) is 26.7 Å². The topological polar surface area (TPSA) is 56.7 Å². The lowest BCUT2D eigenvalue weighted by atomic mass is 9.87. The normalized spacial score (nSPS) is 26.1. The maximum absolute atomic E-state index is 12.7. The summed E-state index contributed by atoms with van der Waals surface area (Å²) in [6, 6.07) is 0.337. The molecule has 3 rings (SSSR count). The van der Waals surface area contributed by atoms with Gasteiger partial charge in [-0.15, -0.1) is 0 Å². The summed E-state index contributed by atoms with van der Waals surface area (Å²) < 4.78 is 0. The SMILES string of the molecule is CN=C(NCCC1CCCCC1)NC1CCN(C(=O)C2CCCCC2)C1. The van der Waals surface area contributed by atoms with E-state index in [-0.39, 0.29) is 5.92 Å². The molecule has 1 aliphatic heterocycles. The Morgan fingerprint density at radius 1 is 1.00 bits per heavy atom. The summed E-state index contributed by atoms with van der Waals surface area (Å²) in [7, 11) is 1.84. The maximum atomic E-state index is 12.7. The quantitative estimate of drug-likeness (QED) is 0.583. The lowest BCUT2D eigenvalue weighted by Gasteiger charge is -2.26. The molecule has 1 heterocycles. The molecule has 3 aliphatic rings. The lowest BCUT2D eigenvalue weighted by molar-refractivity contribution is -0.135. The molecule has 0 aromatic rings. The van der Waals surface area contributed by atoms with Crippen molar-refractivity contribution in [1.29, 1.82) is 0 Å². The molecular weight excluding hydrogens is 324 g/mol. The third-order valence-corrected chi connectivity index (χ3v) is 6.59. The zero-order valence-corrected chi connectivity index (χ0v) is 16.6. The fraction of sp³-hybridized carbons (Fsp3) is 0.905. The number of hydrogen-bond acceptors (Lipinski definition) is 2. The molecule has 2 aliphatic carbocycles. The van der Waals surface area contributed by atoms with E-state index in [0.717, 1.165) is 50.8 Å². The number of hydrogen-bond donors (Lipinski definition) is 2. The average Bonchev–Trinajstić information content (AvgIpc) is 3.16. The van der Waals surface area contributed by atoms with Gasteiger partial charge in [-0.25, -0.2) is 0 Å². The third kappa shape index (κ3) is 5.62. The minimum Gasteiger partial charge on any atom is -0.356 e. The zero-order chi connectivity index (χ0) is 18.2. The molecule has 26 heavy (non-hydrogen) atoms. The van der Waals surface area contributed by atoms with Crippen LogP contribution in [0.25, 0.3) is 0 Å². The summed E-state index contributed by atoms with van der Waals surface area (Å²) in [4.78, 5) is 19.2. The molecule has 148 valence electrons. The molecule has 0 aromatic heterocycles. The highest BCUT2D eigenvalue weighted by Gasteiger charge is 2.31. The van der Waals surface area contributed by atoms with Crippen molar-refractivity contribution in [2.45, 2.75) is 83.1 Å². The predicted octanol–water partition coefficient (Wildman–Crippen LogP) is 3.30. The van der Waals surface area contributed by atoms with E-state index in [1.54, 1.807) is 0 Å². The molecule has 0 spiro atoms. The number of carbonyl (C=O) groups excluding carboxylic acids is 1. The van der Waals surface area contributed by atoms with Gasteiger partial charge in [0.25, 0.3) is 0 Å². The molecule has 3 fully saturated rings. The summed E-state index contributed by atoms with van der Waals surface area (Å²) in [5, 5.41) is 7.02. The number of aliphatic imine (C=N–C) groups is 1. The minimum atomic E-state index is 0.287. The molecule has 1 unspecified atom stereocenters. The van der Waals surface area contributed by atoms with E-state index >= 15 is 0 Å². The second kappa shape index (κ2) is 10.2. The molecule has 2 saturated carbocycles. The smallest absolute Gasteiger partial charge is 0.225 e. The molecule has 1 saturated heterocycles. The van der Waals surface area contributed by atoms with E-state index < -0.39 is 0 Å². The molecule has 5 heteroatoms. The van der Waals surface area contributed by atoms with Crippen LogP contribution in [0.2, 0.25) is 0 Å². The molecule has 0 radical (unpaired) electrons. The van der Waals surface area contributed by atoms with E-state index in [9.17, 15) is 4.79 Å². The molecule has 1 amide bonds. The average molecular weight is 363 g/mol. The van der Waals surface area contributed by atoms with Crippen LogP contribution in [0.5, 0.6) is 0 Å². The van der Waals surface area contributed by atoms with Gasteiger partial charge in [-0.3, -0.25) is 9.79 Å². The van der Waals surface area contributed by atoms with Crippen molar-refractivity contribution in [3.8, 4) is 0 Å². The van der Waals surface area contributed by atoms with Crippen LogP contribution >= 0.6 is 0 Å². The lowest BCUT2D eigenvalue weighted by Crippen LogP contribution is -2.46. The second-order valence-electron chi connectivity index (χ2n) is 8.54. The van der Waals surface area contributed by atoms with Crippen LogP contribution < -0.4 is 10.6 Å². The number of rotatable bonds is 5. The fourth-order valence-corrected chi connectivity index (χ4v) is 4.94. The van der Waals surface area contributed by atoms with Gasteiger partial charge >= 0.3 is 0 Å². The van der Waals surface area contributed by atoms with Crippen molar-refractivity contribution >= 4 is 11.9 Å². The molecule has 1 atom stereocenters. The molecule has 0 bridgehead atoms. The Bertz CT molecular complexity index is 467. The summed E-state index contributed by atoms with van der Waals surface area (Å²) in [5.41, 5.74) is 0. The first-order valence-electron chi connectivity index (χ1n) is 11.0. The predicted molar refractivity (Wildman–Crippen MR) is 107 cm³/mol. The number of likely N-dealkylation sites (tertiary alicyclic amines) is 1. The monoisotopic (exact) mass is 362 g/mol. The van der Waals surface area contributed by atoms with Crippen LogP contribution in [0.3, 0.4) is 0 Å². The Morgan fingerprint density at radius 3 is 2.38 bits per heavy atom.